The van der Waals surface area contributed by atoms with E-state index >= 15 is 0 Å². The molecule has 0 aliphatic heterocycles. The van der Waals surface area contributed by atoms with Crippen LogP contribution in [0.15, 0.2) is 65.6 Å². The lowest BCUT2D eigenvalue weighted by atomic mass is 10.0. The second kappa shape index (κ2) is 7.43. The zero-order valence-corrected chi connectivity index (χ0v) is 14.6. The Labute approximate surface area is 157 Å². The monoisotopic (exact) mass is 410 g/mol. The summed E-state index contributed by atoms with van der Waals surface area (Å²) in [6.07, 6.45) is 0. The van der Waals surface area contributed by atoms with Gasteiger partial charge in [0.1, 0.15) is 16.5 Å². The Morgan fingerprint density at radius 2 is 1.25 bits per heavy atom. The van der Waals surface area contributed by atoms with E-state index in [1.807, 2.05) is 0 Å². The van der Waals surface area contributed by atoms with Gasteiger partial charge in [-0.25, -0.2) is 17.6 Å². The highest BCUT2D eigenvalue weighted by Crippen LogP contribution is 2.24. The quantitative estimate of drug-likeness (QED) is 0.273. The molecule has 3 rings (SSSR count). The summed E-state index contributed by atoms with van der Waals surface area (Å²) in [6.45, 7) is 0. The van der Waals surface area contributed by atoms with Gasteiger partial charge in [0.25, 0.3) is 0 Å². The molecule has 0 aliphatic carbocycles. The van der Waals surface area contributed by atoms with Crippen molar-refractivity contribution in [3.63, 3.8) is 0 Å². The van der Waals surface area contributed by atoms with E-state index < -0.39 is 44.1 Å². The maximum Gasteiger partial charge on any atom is 0.342 e. The largest absolute Gasteiger partial charge is 0.379 e. The molecule has 9 heteroatoms. The van der Waals surface area contributed by atoms with Crippen molar-refractivity contribution in [2.45, 2.75) is 4.90 Å². The van der Waals surface area contributed by atoms with Crippen LogP contribution in [0, 0.1) is 23.3 Å². The van der Waals surface area contributed by atoms with E-state index in [4.69, 9.17) is 4.18 Å². The summed E-state index contributed by atoms with van der Waals surface area (Å²) in [5.74, 6) is -6.61. The third-order valence-corrected chi connectivity index (χ3v) is 4.96. The lowest BCUT2D eigenvalue weighted by molar-refractivity contribution is 0.103. The maximum absolute atomic E-state index is 13.7. The molecular weight excluding hydrogens is 400 g/mol. The Bertz CT molecular complexity index is 1140. The second-order valence-corrected chi connectivity index (χ2v) is 7.09. The van der Waals surface area contributed by atoms with Gasteiger partial charge in [-0.3, -0.25) is 4.79 Å². The van der Waals surface area contributed by atoms with Gasteiger partial charge in [-0.1, -0.05) is 0 Å². The fourth-order valence-corrected chi connectivity index (χ4v) is 3.30. The number of hydrogen-bond donors (Lipinski definition) is 0. The number of halogens is 4. The van der Waals surface area contributed by atoms with Crippen molar-refractivity contribution in [3.05, 3.63) is 95.1 Å². The average Bonchev–Trinajstić information content (AvgIpc) is 2.66. The van der Waals surface area contributed by atoms with E-state index in [-0.39, 0.29) is 16.9 Å². The number of hydrogen-bond acceptors (Lipinski definition) is 4. The molecule has 0 radical (unpaired) electrons. The minimum atomic E-state index is -4.78. The smallest absolute Gasteiger partial charge is 0.342 e. The molecule has 0 fully saturated rings. The van der Waals surface area contributed by atoms with Gasteiger partial charge in [0.15, 0.2) is 23.2 Å². The van der Waals surface area contributed by atoms with Crippen molar-refractivity contribution in [2.75, 3.05) is 0 Å². The second-order valence-electron chi connectivity index (χ2n) is 5.57. The van der Waals surface area contributed by atoms with Crippen LogP contribution in [0.3, 0.4) is 0 Å². The molecule has 0 aliphatic rings. The van der Waals surface area contributed by atoms with Gasteiger partial charge in [0, 0.05) is 11.1 Å². The van der Waals surface area contributed by atoms with Crippen LogP contribution >= 0.6 is 0 Å². The fourth-order valence-electron chi connectivity index (χ4n) is 2.30. The van der Waals surface area contributed by atoms with E-state index in [0.717, 1.165) is 24.3 Å². The predicted molar refractivity (Wildman–Crippen MR) is 90.4 cm³/mol. The molecule has 0 aromatic heterocycles. The van der Waals surface area contributed by atoms with E-state index in [1.165, 1.54) is 24.3 Å². The Morgan fingerprint density at radius 1 is 0.714 bits per heavy atom. The summed E-state index contributed by atoms with van der Waals surface area (Å²) in [7, 11) is -4.78. The van der Waals surface area contributed by atoms with Gasteiger partial charge in [0.05, 0.1) is 0 Å². The van der Waals surface area contributed by atoms with Crippen molar-refractivity contribution >= 4 is 15.9 Å². The van der Waals surface area contributed by atoms with Gasteiger partial charge >= 0.3 is 10.1 Å². The molecule has 0 spiro atoms. The average molecular weight is 410 g/mol. The molecule has 0 amide bonds. The van der Waals surface area contributed by atoms with E-state index in [0.29, 0.717) is 12.1 Å². The van der Waals surface area contributed by atoms with Gasteiger partial charge in [-0.15, -0.1) is 0 Å². The van der Waals surface area contributed by atoms with Crippen LogP contribution in [0.4, 0.5) is 17.6 Å². The number of benzene rings is 3. The van der Waals surface area contributed by atoms with Crippen LogP contribution in [-0.2, 0) is 10.1 Å². The summed E-state index contributed by atoms with van der Waals surface area (Å²) >= 11 is 0. The Balaban J connectivity index is 1.83. The molecule has 0 saturated carbocycles. The van der Waals surface area contributed by atoms with Gasteiger partial charge in [-0.05, 0) is 60.7 Å². The summed E-state index contributed by atoms with van der Waals surface area (Å²) in [6, 6.07) is 10.6. The molecule has 3 aromatic carbocycles. The number of carbonyl (C=O) groups excluding carboxylic acids is 1. The zero-order valence-electron chi connectivity index (χ0n) is 13.8. The lowest BCUT2D eigenvalue weighted by Crippen LogP contribution is -2.13. The van der Waals surface area contributed by atoms with Gasteiger partial charge < -0.3 is 4.18 Å². The first-order valence-electron chi connectivity index (χ1n) is 7.67. The van der Waals surface area contributed by atoms with Crippen LogP contribution in [0.1, 0.15) is 15.9 Å². The highest BCUT2D eigenvalue weighted by Gasteiger charge is 2.26. The molecule has 144 valence electrons. The minimum Gasteiger partial charge on any atom is -0.379 e. The molecular formula is C19H10F4O4S. The van der Waals surface area contributed by atoms with Crippen LogP contribution in [-0.4, -0.2) is 14.2 Å². The van der Waals surface area contributed by atoms with Crippen molar-refractivity contribution in [2.24, 2.45) is 0 Å². The summed E-state index contributed by atoms with van der Waals surface area (Å²) in [5.41, 5.74) is 0.377. The minimum absolute atomic E-state index is 0.162. The highest BCUT2D eigenvalue weighted by atomic mass is 32.2. The molecule has 4 nitrogen and oxygen atoms in total. The van der Waals surface area contributed by atoms with Crippen LogP contribution in [0.2, 0.25) is 0 Å². The highest BCUT2D eigenvalue weighted by molar-refractivity contribution is 7.87. The van der Waals surface area contributed by atoms with Gasteiger partial charge in [-0.2, -0.15) is 8.42 Å². The van der Waals surface area contributed by atoms with Crippen LogP contribution < -0.4 is 4.18 Å². The standard InChI is InChI=1S/C19H10F4O4S/c20-13-5-1-11(2-6-13)19(24)12-3-7-14(8-4-12)27-28(25,26)16-10-9-15(21)17(22)18(16)23/h1-10H. The molecule has 0 saturated heterocycles. The number of carbonyl (C=O) groups is 1. The van der Waals surface area contributed by atoms with E-state index in [2.05, 4.69) is 0 Å². The maximum atomic E-state index is 13.7. The molecule has 0 heterocycles. The first-order chi connectivity index (χ1) is 13.2. The number of rotatable bonds is 5. The first kappa shape index (κ1) is 19.6. The predicted octanol–water partition coefficient (Wildman–Crippen LogP) is 4.24. The Morgan fingerprint density at radius 3 is 1.82 bits per heavy atom. The Kier molecular flexibility index (Phi) is 5.19. The van der Waals surface area contributed by atoms with Crippen molar-refractivity contribution in [1.29, 1.82) is 0 Å². The van der Waals surface area contributed by atoms with Crippen LogP contribution in [0.5, 0.6) is 5.75 Å². The van der Waals surface area contributed by atoms with Crippen LogP contribution in [0.25, 0.3) is 0 Å². The normalized spacial score (nSPS) is 11.3. The topological polar surface area (TPSA) is 60.4 Å². The molecule has 28 heavy (non-hydrogen) atoms. The number of ketones is 1. The SMILES string of the molecule is O=C(c1ccc(F)cc1)c1ccc(OS(=O)(=O)c2ccc(F)c(F)c2F)cc1. The van der Waals surface area contributed by atoms with Gasteiger partial charge in [0.2, 0.25) is 0 Å². The first-order valence-corrected chi connectivity index (χ1v) is 9.08. The third-order valence-electron chi connectivity index (χ3n) is 3.70. The molecule has 0 N–H and O–H groups in total. The van der Waals surface area contributed by atoms with Crippen molar-refractivity contribution < 1.29 is 35.0 Å². The third kappa shape index (κ3) is 3.89. The molecule has 0 atom stereocenters. The van der Waals surface area contributed by atoms with E-state index in [9.17, 15) is 30.8 Å². The summed E-state index contributed by atoms with van der Waals surface area (Å²) in [4.78, 5) is 11.1. The van der Waals surface area contributed by atoms with Crippen molar-refractivity contribution in [3.8, 4) is 5.75 Å². The fraction of sp³-hybridized carbons (Fsp3) is 0. The molecule has 3 aromatic rings. The molecule has 0 bridgehead atoms. The Hall–Kier alpha value is -3.20. The summed E-state index contributed by atoms with van der Waals surface area (Å²) in [5, 5.41) is 0. The summed E-state index contributed by atoms with van der Waals surface area (Å²) < 4.78 is 81.7. The molecule has 0 unspecified atom stereocenters. The zero-order chi connectivity index (χ0) is 20.5. The van der Waals surface area contributed by atoms with E-state index in [1.54, 1.807) is 0 Å². The van der Waals surface area contributed by atoms with Crippen molar-refractivity contribution in [1.82, 2.24) is 0 Å². The lowest BCUT2D eigenvalue weighted by Gasteiger charge is -2.09.